The van der Waals surface area contributed by atoms with Crippen LogP contribution >= 0.6 is 0 Å². The summed E-state index contributed by atoms with van der Waals surface area (Å²) >= 11 is 0. The summed E-state index contributed by atoms with van der Waals surface area (Å²) in [4.78, 5) is 25.2. The number of aromatic nitrogens is 2. The second kappa shape index (κ2) is 9.71. The first-order valence-electron chi connectivity index (χ1n) is 14.8. The van der Waals surface area contributed by atoms with E-state index in [1.807, 2.05) is 30.3 Å². The van der Waals surface area contributed by atoms with Crippen LogP contribution in [0.4, 0.5) is 13.2 Å². The van der Waals surface area contributed by atoms with Gasteiger partial charge in [-0.2, -0.15) is 18.4 Å². The third-order valence-electron chi connectivity index (χ3n) is 9.94. The topological polar surface area (TPSA) is 90.9 Å². The number of nitriles is 1. The van der Waals surface area contributed by atoms with Gasteiger partial charge in [0.05, 0.1) is 23.7 Å². The summed E-state index contributed by atoms with van der Waals surface area (Å²) in [6.07, 6.45) is -3.14. The van der Waals surface area contributed by atoms with Crippen LogP contribution in [0.3, 0.4) is 0 Å². The first-order chi connectivity index (χ1) is 21.2. The fourth-order valence-corrected chi connectivity index (χ4v) is 8.04. The minimum atomic E-state index is -4.55. The highest BCUT2D eigenvalue weighted by Crippen LogP contribution is 2.51. The lowest BCUT2D eigenvalue weighted by molar-refractivity contribution is -0.137. The molecule has 0 aliphatic carbocycles. The predicted octanol–water partition coefficient (Wildman–Crippen LogP) is 5.87. The number of aromatic amines is 2. The maximum absolute atomic E-state index is 13.4. The molecular formula is C34H29F3N6O. The zero-order valence-electron chi connectivity index (χ0n) is 23.8. The standard InChI is InChI=1S/C34H29F3N6O/c1-42-26-14-23-21-10-3-5-12-25(21)41-31(23)32(42)27-15-22-20-9-2-4-11-24(20)40-30(22)29(43(27)28(26)16-38)17-39-33(44)18-7-6-8-19(13-18)34(35,36)37/h2-13,26-29,32,40-41H,14-15,17H2,1H3,(H,39,44)/t26-,27-,28-,29-,32-/m0/s1. The van der Waals surface area contributed by atoms with Gasteiger partial charge >= 0.3 is 6.18 Å². The molecule has 10 heteroatoms. The van der Waals surface area contributed by atoms with Gasteiger partial charge in [0.25, 0.3) is 5.91 Å². The molecule has 44 heavy (non-hydrogen) atoms. The fourth-order valence-electron chi connectivity index (χ4n) is 8.04. The number of likely N-dealkylation sites (N-methyl/N-ethyl adjacent to an activating group) is 1. The van der Waals surface area contributed by atoms with Crippen LogP contribution in [0, 0.1) is 11.3 Å². The number of carbonyl (C=O) groups excluding carboxylic acids is 1. The number of alkyl halides is 3. The largest absolute Gasteiger partial charge is 0.416 e. The van der Waals surface area contributed by atoms with Crippen molar-refractivity contribution in [2.75, 3.05) is 13.6 Å². The number of rotatable bonds is 3. The van der Waals surface area contributed by atoms with Gasteiger partial charge in [-0.25, -0.2) is 0 Å². The van der Waals surface area contributed by atoms with E-state index in [9.17, 15) is 23.2 Å². The van der Waals surface area contributed by atoms with Crippen LogP contribution in [0.25, 0.3) is 21.8 Å². The van der Waals surface area contributed by atoms with Crippen LogP contribution < -0.4 is 5.32 Å². The van der Waals surface area contributed by atoms with E-state index in [1.54, 1.807) is 0 Å². The smallest absolute Gasteiger partial charge is 0.357 e. The maximum Gasteiger partial charge on any atom is 0.416 e. The van der Waals surface area contributed by atoms with Crippen molar-refractivity contribution >= 4 is 27.7 Å². The molecule has 3 N–H and O–H groups in total. The van der Waals surface area contributed by atoms with E-state index >= 15 is 0 Å². The predicted molar refractivity (Wildman–Crippen MR) is 160 cm³/mol. The highest BCUT2D eigenvalue weighted by molar-refractivity contribution is 5.94. The quantitative estimate of drug-likeness (QED) is 0.244. The molecule has 5 aromatic rings. The number of carbonyl (C=O) groups is 1. The van der Waals surface area contributed by atoms with Gasteiger partial charge in [-0.15, -0.1) is 0 Å². The molecule has 2 bridgehead atoms. The molecule has 5 atom stereocenters. The number of para-hydroxylation sites is 2. The second-order valence-corrected chi connectivity index (χ2v) is 12.1. The number of amides is 1. The molecule has 3 aromatic carbocycles. The van der Waals surface area contributed by atoms with E-state index in [1.165, 1.54) is 23.1 Å². The molecular weight excluding hydrogens is 565 g/mol. The molecule has 3 aliphatic rings. The van der Waals surface area contributed by atoms with Gasteiger partial charge in [0.2, 0.25) is 0 Å². The highest BCUT2D eigenvalue weighted by atomic mass is 19.4. The van der Waals surface area contributed by atoms with E-state index in [0.29, 0.717) is 12.8 Å². The third-order valence-corrected chi connectivity index (χ3v) is 9.94. The lowest BCUT2D eigenvalue weighted by Crippen LogP contribution is -2.68. The number of nitrogens with zero attached hydrogens (tertiary/aromatic N) is 3. The van der Waals surface area contributed by atoms with Crippen molar-refractivity contribution in [2.45, 2.75) is 49.2 Å². The molecule has 1 amide bonds. The van der Waals surface area contributed by atoms with Crippen LogP contribution in [-0.4, -0.2) is 57.4 Å². The van der Waals surface area contributed by atoms with E-state index in [-0.39, 0.29) is 36.3 Å². The van der Waals surface area contributed by atoms with E-state index in [0.717, 1.165) is 45.5 Å². The molecule has 5 heterocycles. The number of halogens is 3. The Kier molecular flexibility index (Phi) is 5.96. The molecule has 7 nitrogen and oxygen atoms in total. The van der Waals surface area contributed by atoms with Crippen molar-refractivity contribution in [1.29, 1.82) is 5.26 Å². The molecule has 2 aromatic heterocycles. The molecule has 0 saturated carbocycles. The van der Waals surface area contributed by atoms with Crippen LogP contribution in [-0.2, 0) is 19.0 Å². The van der Waals surface area contributed by atoms with Gasteiger partial charge in [0, 0.05) is 57.4 Å². The Morgan fingerprint density at radius 3 is 2.25 bits per heavy atom. The minimum absolute atomic E-state index is 0.0239. The fraction of sp³-hybridized carbons (Fsp3) is 0.294. The molecule has 0 radical (unpaired) electrons. The SMILES string of the molecule is CN1[C@@H]2c3[nH]c4ccccc4c3C[C@H]1[C@H](C#N)N1[C@@H](CNC(=O)c3cccc(C(F)(F)F)c3)c3[nH]c4ccccc4c3C[C@@H]21. The van der Waals surface area contributed by atoms with Crippen molar-refractivity contribution in [2.24, 2.45) is 0 Å². The van der Waals surface area contributed by atoms with Crippen LogP contribution in [0.5, 0.6) is 0 Å². The second-order valence-electron chi connectivity index (χ2n) is 12.1. The number of nitrogens with one attached hydrogen (secondary N) is 3. The summed E-state index contributed by atoms with van der Waals surface area (Å²) in [7, 11) is 2.10. The third kappa shape index (κ3) is 3.92. The lowest BCUT2D eigenvalue weighted by Gasteiger charge is -2.58. The average Bonchev–Trinajstić information content (AvgIpc) is 3.57. The summed E-state index contributed by atoms with van der Waals surface area (Å²) in [6.45, 7) is 0.131. The average molecular weight is 595 g/mol. The Morgan fingerprint density at radius 2 is 1.57 bits per heavy atom. The van der Waals surface area contributed by atoms with Crippen molar-refractivity contribution in [3.63, 3.8) is 0 Å². The lowest BCUT2D eigenvalue weighted by atomic mass is 9.75. The molecule has 1 fully saturated rings. The van der Waals surface area contributed by atoms with E-state index in [4.69, 9.17) is 0 Å². The minimum Gasteiger partial charge on any atom is -0.357 e. The van der Waals surface area contributed by atoms with Crippen molar-refractivity contribution in [3.05, 3.63) is 106 Å². The normalized spacial score (nSPS) is 24.8. The van der Waals surface area contributed by atoms with Crippen LogP contribution in [0.2, 0.25) is 0 Å². The summed E-state index contributed by atoms with van der Waals surface area (Å²) in [5, 5.41) is 15.9. The van der Waals surface area contributed by atoms with Crippen molar-refractivity contribution in [1.82, 2.24) is 25.1 Å². The van der Waals surface area contributed by atoms with Crippen LogP contribution in [0.1, 0.15) is 50.5 Å². The first-order valence-corrected chi connectivity index (χ1v) is 14.8. The maximum atomic E-state index is 13.4. The zero-order chi connectivity index (χ0) is 30.3. The molecule has 8 rings (SSSR count). The van der Waals surface area contributed by atoms with E-state index < -0.39 is 23.7 Å². The van der Waals surface area contributed by atoms with Gasteiger partial charge in [-0.1, -0.05) is 42.5 Å². The Hall–Kier alpha value is -4.59. The zero-order valence-corrected chi connectivity index (χ0v) is 23.8. The number of hydrogen-bond acceptors (Lipinski definition) is 4. The number of benzene rings is 3. The molecule has 1 saturated heterocycles. The van der Waals surface area contributed by atoms with Gasteiger partial charge in [-0.05, 0) is 61.3 Å². The molecule has 0 spiro atoms. The van der Waals surface area contributed by atoms with Crippen LogP contribution in [0.15, 0.2) is 72.8 Å². The summed E-state index contributed by atoms with van der Waals surface area (Å²) in [5.41, 5.74) is 5.62. The van der Waals surface area contributed by atoms with Gasteiger partial charge < -0.3 is 15.3 Å². The first kappa shape index (κ1) is 27.0. The number of hydrogen-bond donors (Lipinski definition) is 3. The van der Waals surface area contributed by atoms with Crippen molar-refractivity contribution < 1.29 is 18.0 Å². The summed E-state index contributed by atoms with van der Waals surface area (Å²) in [6, 6.07) is 22.4. The Balaban J connectivity index is 1.23. The summed E-state index contributed by atoms with van der Waals surface area (Å²) < 4.78 is 40.1. The van der Waals surface area contributed by atoms with E-state index in [2.05, 4.69) is 56.4 Å². The molecule has 0 unspecified atom stereocenters. The summed E-state index contributed by atoms with van der Waals surface area (Å²) in [5.74, 6) is -0.586. The molecule has 222 valence electrons. The Labute approximate surface area is 251 Å². The monoisotopic (exact) mass is 594 g/mol. The van der Waals surface area contributed by atoms with Gasteiger partial charge in [-0.3, -0.25) is 14.6 Å². The Morgan fingerprint density at radius 1 is 0.932 bits per heavy atom. The number of H-pyrrole nitrogens is 2. The van der Waals surface area contributed by atoms with Gasteiger partial charge in [0.1, 0.15) is 6.04 Å². The highest BCUT2D eigenvalue weighted by Gasteiger charge is 2.55. The number of piperazine rings is 1. The Bertz CT molecular complexity index is 1990. The van der Waals surface area contributed by atoms with Gasteiger partial charge in [0.15, 0.2) is 0 Å². The number of fused-ring (bicyclic) bond motifs is 11. The molecule has 3 aliphatic heterocycles. The van der Waals surface area contributed by atoms with Crippen molar-refractivity contribution in [3.8, 4) is 6.07 Å².